The molecule has 0 bridgehead atoms. The molecule has 0 radical (unpaired) electrons. The van der Waals surface area contributed by atoms with Gasteiger partial charge in [-0.25, -0.2) is 8.42 Å². The van der Waals surface area contributed by atoms with Gasteiger partial charge in [0.15, 0.2) is 9.84 Å². The molecule has 1 heterocycles. The third-order valence-corrected chi connectivity index (χ3v) is 4.91. The largest absolute Gasteiger partial charge is 0.346 e. The quantitative estimate of drug-likeness (QED) is 0.826. The summed E-state index contributed by atoms with van der Waals surface area (Å²) in [6.45, 7) is 3.40. The molecule has 1 aliphatic rings. The van der Waals surface area contributed by atoms with Gasteiger partial charge in [0.05, 0.1) is 16.7 Å². The lowest BCUT2D eigenvalue weighted by Gasteiger charge is -2.17. The standard InChI is InChI=1S/C13H15NO3S/c1-2-13(15)14-11-7-5-9-18(16,17)12-8-4-3-6-10(11)12/h2-4,6,8,11H,1,5,7,9H2,(H,14,15). The van der Waals surface area contributed by atoms with Gasteiger partial charge in [-0.2, -0.15) is 0 Å². The Balaban J connectivity index is 2.46. The number of nitrogens with one attached hydrogen (secondary N) is 1. The minimum absolute atomic E-state index is 0.129. The average Bonchev–Trinajstić information content (AvgIpc) is 2.48. The Morgan fingerprint density at radius 1 is 1.39 bits per heavy atom. The minimum Gasteiger partial charge on any atom is -0.346 e. The number of sulfone groups is 1. The Morgan fingerprint density at radius 3 is 2.83 bits per heavy atom. The van der Waals surface area contributed by atoms with Crippen LogP contribution in [0.2, 0.25) is 0 Å². The zero-order chi connectivity index (χ0) is 13.2. The molecule has 1 aromatic rings. The maximum Gasteiger partial charge on any atom is 0.243 e. The number of carbonyl (C=O) groups is 1. The van der Waals surface area contributed by atoms with E-state index in [0.717, 1.165) is 0 Å². The van der Waals surface area contributed by atoms with Crippen molar-refractivity contribution in [3.8, 4) is 0 Å². The lowest BCUT2D eigenvalue weighted by Crippen LogP contribution is -2.26. The zero-order valence-electron chi connectivity index (χ0n) is 9.93. The molecule has 1 amide bonds. The van der Waals surface area contributed by atoms with Crippen molar-refractivity contribution in [1.29, 1.82) is 0 Å². The van der Waals surface area contributed by atoms with E-state index in [1.807, 2.05) is 0 Å². The lowest BCUT2D eigenvalue weighted by molar-refractivity contribution is -0.117. The van der Waals surface area contributed by atoms with Gasteiger partial charge in [-0.05, 0) is 30.5 Å². The van der Waals surface area contributed by atoms with Crippen molar-refractivity contribution in [3.05, 3.63) is 42.5 Å². The molecule has 0 aliphatic carbocycles. The molecule has 2 rings (SSSR count). The molecule has 1 N–H and O–H groups in total. The molecule has 0 aromatic heterocycles. The van der Waals surface area contributed by atoms with E-state index in [9.17, 15) is 13.2 Å². The maximum absolute atomic E-state index is 12.1. The van der Waals surface area contributed by atoms with Crippen molar-refractivity contribution in [1.82, 2.24) is 5.32 Å². The van der Waals surface area contributed by atoms with Crippen molar-refractivity contribution >= 4 is 15.7 Å². The smallest absolute Gasteiger partial charge is 0.243 e. The summed E-state index contributed by atoms with van der Waals surface area (Å²) >= 11 is 0. The van der Waals surface area contributed by atoms with E-state index >= 15 is 0 Å². The van der Waals surface area contributed by atoms with Crippen LogP contribution in [0.4, 0.5) is 0 Å². The molecule has 0 fully saturated rings. The molecule has 96 valence electrons. The highest BCUT2D eigenvalue weighted by Gasteiger charge is 2.27. The Kier molecular flexibility index (Phi) is 3.52. The predicted molar refractivity (Wildman–Crippen MR) is 68.8 cm³/mol. The van der Waals surface area contributed by atoms with Gasteiger partial charge in [-0.1, -0.05) is 24.8 Å². The number of carbonyl (C=O) groups excluding carboxylic acids is 1. The molecule has 18 heavy (non-hydrogen) atoms. The second-order valence-corrected chi connectivity index (χ2v) is 6.34. The summed E-state index contributed by atoms with van der Waals surface area (Å²) in [7, 11) is -3.23. The summed E-state index contributed by atoms with van der Waals surface area (Å²) in [5.74, 6) is -0.154. The van der Waals surface area contributed by atoms with Gasteiger partial charge >= 0.3 is 0 Å². The first-order valence-corrected chi connectivity index (χ1v) is 7.44. The van der Waals surface area contributed by atoms with Gasteiger partial charge in [-0.15, -0.1) is 0 Å². The highest BCUT2D eigenvalue weighted by Crippen LogP contribution is 2.30. The third-order valence-electron chi connectivity index (χ3n) is 3.04. The Labute approximate surface area is 107 Å². The van der Waals surface area contributed by atoms with E-state index in [1.165, 1.54) is 6.08 Å². The minimum atomic E-state index is -3.23. The van der Waals surface area contributed by atoms with Gasteiger partial charge in [0, 0.05) is 0 Å². The van der Waals surface area contributed by atoms with E-state index in [1.54, 1.807) is 24.3 Å². The predicted octanol–water partition coefficient (Wildman–Crippen LogP) is 1.60. The summed E-state index contributed by atoms with van der Waals surface area (Å²) in [4.78, 5) is 11.7. The molecule has 1 aromatic carbocycles. The van der Waals surface area contributed by atoms with E-state index < -0.39 is 9.84 Å². The SMILES string of the molecule is C=CC(=O)NC1CCCS(=O)(=O)c2ccccc21. The molecule has 4 nitrogen and oxygen atoms in total. The van der Waals surface area contributed by atoms with E-state index in [-0.39, 0.29) is 17.7 Å². The van der Waals surface area contributed by atoms with E-state index in [4.69, 9.17) is 0 Å². The fourth-order valence-electron chi connectivity index (χ4n) is 2.18. The Morgan fingerprint density at radius 2 is 2.11 bits per heavy atom. The first-order valence-electron chi connectivity index (χ1n) is 5.79. The first-order chi connectivity index (χ1) is 8.54. The van der Waals surface area contributed by atoms with E-state index in [0.29, 0.717) is 23.3 Å². The van der Waals surface area contributed by atoms with Gasteiger partial charge in [0.2, 0.25) is 5.91 Å². The third kappa shape index (κ3) is 2.46. The number of amides is 1. The van der Waals surface area contributed by atoms with Gasteiger partial charge < -0.3 is 5.32 Å². The Bertz CT molecular complexity index is 578. The fraction of sp³-hybridized carbons (Fsp3) is 0.308. The summed E-state index contributed by atoms with van der Waals surface area (Å²) in [5, 5.41) is 2.78. The van der Waals surface area contributed by atoms with Crippen LogP contribution in [0.25, 0.3) is 0 Å². The average molecular weight is 265 g/mol. The van der Waals surface area contributed by atoms with Crippen LogP contribution >= 0.6 is 0 Å². The summed E-state index contributed by atoms with van der Waals surface area (Å²) < 4.78 is 24.1. The second-order valence-electron chi connectivity index (χ2n) is 4.26. The fourth-order valence-corrected chi connectivity index (χ4v) is 3.80. The first kappa shape index (κ1) is 12.8. The number of fused-ring (bicyclic) bond motifs is 1. The van der Waals surface area contributed by atoms with Crippen LogP contribution in [0.3, 0.4) is 0 Å². The van der Waals surface area contributed by atoms with Crippen molar-refractivity contribution in [2.24, 2.45) is 0 Å². The molecular weight excluding hydrogens is 250 g/mol. The van der Waals surface area contributed by atoms with Crippen LogP contribution in [0.5, 0.6) is 0 Å². The van der Waals surface area contributed by atoms with Crippen molar-refractivity contribution in [3.63, 3.8) is 0 Å². The van der Waals surface area contributed by atoms with Gasteiger partial charge in [0.25, 0.3) is 0 Å². The van der Waals surface area contributed by atoms with Crippen LogP contribution in [0, 0.1) is 0 Å². The van der Waals surface area contributed by atoms with Crippen LogP contribution < -0.4 is 5.32 Å². The van der Waals surface area contributed by atoms with E-state index in [2.05, 4.69) is 11.9 Å². The molecule has 1 atom stereocenters. The summed E-state index contributed by atoms with van der Waals surface area (Å²) in [5.41, 5.74) is 0.671. The zero-order valence-corrected chi connectivity index (χ0v) is 10.7. The normalized spacial score (nSPS) is 21.4. The Hall–Kier alpha value is -1.62. The maximum atomic E-state index is 12.1. The molecule has 1 aliphatic heterocycles. The molecule has 1 unspecified atom stereocenters. The highest BCUT2D eigenvalue weighted by molar-refractivity contribution is 7.91. The monoisotopic (exact) mass is 265 g/mol. The van der Waals surface area contributed by atoms with Crippen molar-refractivity contribution < 1.29 is 13.2 Å². The second kappa shape index (κ2) is 4.94. The number of hydrogen-bond donors (Lipinski definition) is 1. The van der Waals surface area contributed by atoms with Gasteiger partial charge in [-0.3, -0.25) is 4.79 Å². The topological polar surface area (TPSA) is 63.2 Å². The summed E-state index contributed by atoms with van der Waals surface area (Å²) in [6, 6.07) is 6.58. The lowest BCUT2D eigenvalue weighted by atomic mass is 10.0. The number of hydrogen-bond acceptors (Lipinski definition) is 3. The number of benzene rings is 1. The van der Waals surface area contributed by atoms with Gasteiger partial charge in [0.1, 0.15) is 0 Å². The molecule has 5 heteroatoms. The van der Waals surface area contributed by atoms with Crippen LogP contribution in [0.15, 0.2) is 41.8 Å². The molecular formula is C13H15NO3S. The highest BCUT2D eigenvalue weighted by atomic mass is 32.2. The van der Waals surface area contributed by atoms with Crippen LogP contribution in [0.1, 0.15) is 24.4 Å². The molecule has 0 spiro atoms. The van der Waals surface area contributed by atoms with Crippen molar-refractivity contribution in [2.45, 2.75) is 23.8 Å². The number of rotatable bonds is 2. The summed E-state index contributed by atoms with van der Waals surface area (Å²) in [6.07, 6.45) is 2.36. The molecule has 0 saturated heterocycles. The van der Waals surface area contributed by atoms with Crippen LogP contribution in [-0.4, -0.2) is 20.1 Å². The molecule has 0 saturated carbocycles. The van der Waals surface area contributed by atoms with Crippen LogP contribution in [-0.2, 0) is 14.6 Å². The van der Waals surface area contributed by atoms with Crippen molar-refractivity contribution in [2.75, 3.05) is 5.75 Å².